The van der Waals surface area contributed by atoms with Gasteiger partial charge < -0.3 is 15.0 Å². The summed E-state index contributed by atoms with van der Waals surface area (Å²) >= 11 is 0. The van der Waals surface area contributed by atoms with Crippen LogP contribution in [-0.2, 0) is 4.74 Å². The molecule has 0 saturated carbocycles. The van der Waals surface area contributed by atoms with Crippen molar-refractivity contribution in [2.24, 2.45) is 0 Å². The number of hydrogen-bond acceptors (Lipinski definition) is 5. The monoisotopic (exact) mass is 265 g/mol. The molecule has 1 aromatic rings. The molecule has 0 amide bonds. The SMILES string of the molecule is Cc1ccc(N(C)CC2CNCCO2)cc1[N+](=O)[O-]. The summed E-state index contributed by atoms with van der Waals surface area (Å²) in [6.07, 6.45) is 0.124. The third kappa shape index (κ3) is 3.42. The third-order valence-electron chi connectivity index (χ3n) is 3.31. The predicted octanol–water partition coefficient (Wildman–Crippen LogP) is 1.33. The Morgan fingerprint density at radius 1 is 1.58 bits per heavy atom. The quantitative estimate of drug-likeness (QED) is 0.657. The predicted molar refractivity (Wildman–Crippen MR) is 73.7 cm³/mol. The Morgan fingerprint density at radius 3 is 3.00 bits per heavy atom. The molecular weight excluding hydrogens is 246 g/mol. The summed E-state index contributed by atoms with van der Waals surface area (Å²) < 4.78 is 5.63. The number of nitro benzene ring substituents is 1. The Hall–Kier alpha value is -1.66. The Labute approximate surface area is 112 Å². The van der Waals surface area contributed by atoms with Gasteiger partial charge in [0.15, 0.2) is 0 Å². The van der Waals surface area contributed by atoms with E-state index < -0.39 is 0 Å². The summed E-state index contributed by atoms with van der Waals surface area (Å²) in [5, 5.41) is 14.2. The van der Waals surface area contributed by atoms with Crippen molar-refractivity contribution in [3.63, 3.8) is 0 Å². The number of hydrogen-bond donors (Lipinski definition) is 1. The van der Waals surface area contributed by atoms with Gasteiger partial charge in [0.2, 0.25) is 0 Å². The number of likely N-dealkylation sites (N-methyl/N-ethyl adjacent to an activating group) is 1. The molecule has 6 nitrogen and oxygen atoms in total. The molecule has 6 heteroatoms. The van der Waals surface area contributed by atoms with E-state index in [2.05, 4.69) is 5.32 Å². The number of benzene rings is 1. The van der Waals surface area contributed by atoms with E-state index in [0.29, 0.717) is 18.7 Å². The molecule has 19 heavy (non-hydrogen) atoms. The van der Waals surface area contributed by atoms with Crippen molar-refractivity contribution in [1.29, 1.82) is 0 Å². The van der Waals surface area contributed by atoms with E-state index >= 15 is 0 Å². The van der Waals surface area contributed by atoms with Crippen LogP contribution in [0.2, 0.25) is 0 Å². The summed E-state index contributed by atoms with van der Waals surface area (Å²) in [6, 6.07) is 5.30. The maximum Gasteiger partial charge on any atom is 0.274 e. The van der Waals surface area contributed by atoms with Crippen LogP contribution in [0.3, 0.4) is 0 Å². The highest BCUT2D eigenvalue weighted by Gasteiger charge is 2.18. The van der Waals surface area contributed by atoms with E-state index in [1.807, 2.05) is 18.0 Å². The molecule has 0 radical (unpaired) electrons. The molecular formula is C13H19N3O3. The van der Waals surface area contributed by atoms with Crippen LogP contribution in [0.15, 0.2) is 18.2 Å². The van der Waals surface area contributed by atoms with Gasteiger partial charge >= 0.3 is 0 Å². The first-order valence-electron chi connectivity index (χ1n) is 6.36. The number of nitrogens with one attached hydrogen (secondary N) is 1. The summed E-state index contributed by atoms with van der Waals surface area (Å²) in [5.74, 6) is 0. The smallest absolute Gasteiger partial charge is 0.274 e. The highest BCUT2D eigenvalue weighted by Crippen LogP contribution is 2.24. The molecule has 0 aromatic heterocycles. The average molecular weight is 265 g/mol. The van der Waals surface area contributed by atoms with Crippen molar-refractivity contribution in [1.82, 2.24) is 5.32 Å². The molecule has 0 aliphatic carbocycles. The Balaban J connectivity index is 2.07. The molecule has 0 bridgehead atoms. The molecule has 1 unspecified atom stereocenters. The van der Waals surface area contributed by atoms with Crippen LogP contribution in [0.4, 0.5) is 11.4 Å². The maximum absolute atomic E-state index is 10.9. The Kier molecular flexibility index (Phi) is 4.34. The van der Waals surface area contributed by atoms with Crippen molar-refractivity contribution < 1.29 is 9.66 Å². The lowest BCUT2D eigenvalue weighted by Crippen LogP contribution is -2.44. The molecule has 2 rings (SSSR count). The van der Waals surface area contributed by atoms with Crippen molar-refractivity contribution in [3.8, 4) is 0 Å². The molecule has 1 atom stereocenters. The minimum atomic E-state index is -0.342. The fraction of sp³-hybridized carbons (Fsp3) is 0.538. The third-order valence-corrected chi connectivity index (χ3v) is 3.31. The summed E-state index contributed by atoms with van der Waals surface area (Å²) in [6.45, 7) is 4.88. The largest absolute Gasteiger partial charge is 0.374 e. The molecule has 1 aliphatic heterocycles. The van der Waals surface area contributed by atoms with Gasteiger partial charge in [-0.25, -0.2) is 0 Å². The van der Waals surface area contributed by atoms with Crippen LogP contribution in [-0.4, -0.2) is 44.3 Å². The number of anilines is 1. The van der Waals surface area contributed by atoms with Crippen molar-refractivity contribution in [2.45, 2.75) is 13.0 Å². The average Bonchev–Trinajstić information content (AvgIpc) is 2.40. The number of nitrogens with zero attached hydrogens (tertiary/aromatic N) is 2. The second-order valence-corrected chi connectivity index (χ2v) is 4.81. The van der Waals surface area contributed by atoms with Crippen LogP contribution in [0.25, 0.3) is 0 Å². The van der Waals surface area contributed by atoms with Gasteiger partial charge in [0, 0.05) is 44.0 Å². The number of nitro groups is 1. The second kappa shape index (κ2) is 5.99. The van der Waals surface area contributed by atoms with E-state index in [-0.39, 0.29) is 16.7 Å². The normalized spacial score (nSPS) is 19.2. The van der Waals surface area contributed by atoms with Crippen LogP contribution in [0, 0.1) is 17.0 Å². The zero-order valence-corrected chi connectivity index (χ0v) is 11.3. The van der Waals surface area contributed by atoms with E-state index in [0.717, 1.165) is 18.8 Å². The lowest BCUT2D eigenvalue weighted by molar-refractivity contribution is -0.385. The molecule has 1 saturated heterocycles. The van der Waals surface area contributed by atoms with Gasteiger partial charge in [0.05, 0.1) is 17.6 Å². The first-order chi connectivity index (χ1) is 9.08. The van der Waals surface area contributed by atoms with Gasteiger partial charge in [-0.1, -0.05) is 6.07 Å². The minimum absolute atomic E-state index is 0.124. The van der Waals surface area contributed by atoms with E-state index in [1.54, 1.807) is 19.1 Å². The Bertz CT molecular complexity index is 458. The number of rotatable bonds is 4. The zero-order chi connectivity index (χ0) is 13.8. The minimum Gasteiger partial charge on any atom is -0.374 e. The second-order valence-electron chi connectivity index (χ2n) is 4.81. The summed E-state index contributed by atoms with van der Waals surface area (Å²) in [5.41, 5.74) is 1.68. The first-order valence-corrected chi connectivity index (χ1v) is 6.36. The van der Waals surface area contributed by atoms with Gasteiger partial charge in [-0.05, 0) is 13.0 Å². The van der Waals surface area contributed by atoms with Gasteiger partial charge in [0.1, 0.15) is 0 Å². The van der Waals surface area contributed by atoms with E-state index in [1.165, 1.54) is 0 Å². The first kappa shape index (κ1) is 13.8. The fourth-order valence-electron chi connectivity index (χ4n) is 2.18. The molecule has 1 aromatic carbocycles. The van der Waals surface area contributed by atoms with Crippen LogP contribution < -0.4 is 10.2 Å². The van der Waals surface area contributed by atoms with Crippen LogP contribution in [0.5, 0.6) is 0 Å². The molecule has 1 aliphatic rings. The molecule has 1 N–H and O–H groups in total. The van der Waals surface area contributed by atoms with Gasteiger partial charge in [-0.3, -0.25) is 10.1 Å². The summed E-state index contributed by atoms with van der Waals surface area (Å²) in [4.78, 5) is 12.6. The lowest BCUT2D eigenvalue weighted by Gasteiger charge is -2.29. The lowest BCUT2D eigenvalue weighted by atomic mass is 10.1. The van der Waals surface area contributed by atoms with Crippen molar-refractivity contribution in [2.75, 3.05) is 38.2 Å². The zero-order valence-electron chi connectivity index (χ0n) is 11.3. The van der Waals surface area contributed by atoms with Gasteiger partial charge in [-0.15, -0.1) is 0 Å². The standard InChI is InChI=1S/C13H19N3O3/c1-10-3-4-11(7-13(10)16(17)18)15(2)9-12-8-14-5-6-19-12/h3-4,7,12,14H,5-6,8-9H2,1-2H3. The Morgan fingerprint density at radius 2 is 2.37 bits per heavy atom. The number of ether oxygens (including phenoxy) is 1. The van der Waals surface area contributed by atoms with E-state index in [9.17, 15) is 10.1 Å². The highest BCUT2D eigenvalue weighted by atomic mass is 16.6. The van der Waals surface area contributed by atoms with E-state index in [4.69, 9.17) is 4.74 Å². The number of aryl methyl sites for hydroxylation is 1. The fourth-order valence-corrected chi connectivity index (χ4v) is 2.18. The van der Waals surface area contributed by atoms with Crippen molar-refractivity contribution >= 4 is 11.4 Å². The van der Waals surface area contributed by atoms with Gasteiger partial charge in [-0.2, -0.15) is 0 Å². The summed E-state index contributed by atoms with van der Waals surface area (Å²) in [7, 11) is 1.92. The molecule has 1 heterocycles. The highest BCUT2D eigenvalue weighted by molar-refractivity contribution is 5.56. The molecule has 0 spiro atoms. The van der Waals surface area contributed by atoms with Crippen LogP contribution >= 0.6 is 0 Å². The number of morpholine rings is 1. The molecule has 104 valence electrons. The topological polar surface area (TPSA) is 67.6 Å². The van der Waals surface area contributed by atoms with Crippen molar-refractivity contribution in [3.05, 3.63) is 33.9 Å². The molecule has 1 fully saturated rings. The van der Waals surface area contributed by atoms with Crippen LogP contribution in [0.1, 0.15) is 5.56 Å². The maximum atomic E-state index is 10.9. The van der Waals surface area contributed by atoms with Gasteiger partial charge in [0.25, 0.3) is 5.69 Å².